The van der Waals surface area contributed by atoms with Crippen molar-refractivity contribution in [3.05, 3.63) is 57.3 Å². The van der Waals surface area contributed by atoms with E-state index in [-0.39, 0.29) is 5.91 Å². The molecule has 2 heterocycles. The van der Waals surface area contributed by atoms with Gasteiger partial charge in [0.15, 0.2) is 5.60 Å². The van der Waals surface area contributed by atoms with E-state index in [1.165, 1.54) is 15.3 Å². The second-order valence-corrected chi connectivity index (χ2v) is 8.34. The fraction of sp³-hybridized carbons (Fsp3) is 0.450. The van der Waals surface area contributed by atoms with E-state index in [9.17, 15) is 9.90 Å². The van der Waals surface area contributed by atoms with Crippen molar-refractivity contribution in [2.45, 2.75) is 45.4 Å². The number of carbonyl (C=O) groups excluding carboxylic acids is 1. The van der Waals surface area contributed by atoms with Gasteiger partial charge in [-0.1, -0.05) is 29.8 Å². The smallest absolute Gasteiger partial charge is 0.256 e. The molecule has 1 atom stereocenters. The van der Waals surface area contributed by atoms with E-state index in [1.54, 1.807) is 16.2 Å². The van der Waals surface area contributed by atoms with Crippen molar-refractivity contribution in [3.63, 3.8) is 0 Å². The average molecular weight is 359 g/mol. The first-order chi connectivity index (χ1) is 12.0. The Morgan fingerprint density at radius 1 is 1.28 bits per heavy atom. The molecule has 0 bridgehead atoms. The van der Waals surface area contributed by atoms with Crippen molar-refractivity contribution in [2.75, 3.05) is 13.1 Å². The number of aliphatic hydroxyl groups is 1. The maximum absolute atomic E-state index is 12.8. The van der Waals surface area contributed by atoms with Gasteiger partial charge in [0.1, 0.15) is 0 Å². The van der Waals surface area contributed by atoms with Crippen LogP contribution < -0.4 is 5.32 Å². The van der Waals surface area contributed by atoms with Gasteiger partial charge in [-0.3, -0.25) is 4.79 Å². The Hall–Kier alpha value is -1.69. The first kappa shape index (κ1) is 18.1. The zero-order chi connectivity index (χ0) is 17.9. The SMILES string of the molecule is Cc1cccc(CN2CCC[C@@](O)(CNCc3ccc(C)s3)C2=O)c1. The number of rotatable bonds is 6. The fourth-order valence-corrected chi connectivity index (χ4v) is 4.24. The van der Waals surface area contributed by atoms with Gasteiger partial charge in [0, 0.05) is 35.9 Å². The molecule has 25 heavy (non-hydrogen) atoms. The van der Waals surface area contributed by atoms with Crippen molar-refractivity contribution >= 4 is 17.2 Å². The third-order valence-corrected chi connectivity index (χ3v) is 5.67. The van der Waals surface area contributed by atoms with E-state index in [0.717, 1.165) is 12.0 Å². The summed E-state index contributed by atoms with van der Waals surface area (Å²) >= 11 is 1.74. The van der Waals surface area contributed by atoms with Gasteiger partial charge in [-0.25, -0.2) is 0 Å². The van der Waals surface area contributed by atoms with Crippen molar-refractivity contribution in [2.24, 2.45) is 0 Å². The Bertz CT molecular complexity index is 743. The molecule has 134 valence electrons. The van der Waals surface area contributed by atoms with Crippen LogP contribution in [0.3, 0.4) is 0 Å². The van der Waals surface area contributed by atoms with Crippen LogP contribution in [0.15, 0.2) is 36.4 Å². The summed E-state index contributed by atoms with van der Waals surface area (Å²) in [6.07, 6.45) is 1.35. The summed E-state index contributed by atoms with van der Waals surface area (Å²) in [6.45, 7) is 6.38. The third kappa shape index (κ3) is 4.48. The minimum absolute atomic E-state index is 0.157. The maximum Gasteiger partial charge on any atom is 0.256 e. The minimum atomic E-state index is -1.30. The van der Waals surface area contributed by atoms with E-state index >= 15 is 0 Å². The first-order valence-electron chi connectivity index (χ1n) is 8.80. The van der Waals surface area contributed by atoms with Gasteiger partial charge in [-0.2, -0.15) is 0 Å². The van der Waals surface area contributed by atoms with E-state index < -0.39 is 5.60 Å². The van der Waals surface area contributed by atoms with Gasteiger partial charge < -0.3 is 15.3 Å². The molecule has 1 fully saturated rings. The van der Waals surface area contributed by atoms with Crippen LogP contribution in [-0.2, 0) is 17.9 Å². The van der Waals surface area contributed by atoms with Crippen LogP contribution in [0.2, 0.25) is 0 Å². The van der Waals surface area contributed by atoms with Crippen molar-refractivity contribution in [1.82, 2.24) is 10.2 Å². The quantitative estimate of drug-likeness (QED) is 0.835. The number of amides is 1. The van der Waals surface area contributed by atoms with Crippen molar-refractivity contribution in [3.8, 4) is 0 Å². The Kier molecular flexibility index (Phi) is 5.57. The standard InChI is InChI=1S/C20H26N2O2S/c1-15-5-3-6-17(11-15)13-22-10-4-9-20(24,19(22)23)14-21-12-18-8-7-16(2)25-18/h3,5-8,11,21,24H,4,9-10,12-14H2,1-2H3/t20-/m1/s1. The van der Waals surface area contributed by atoms with Crippen LogP contribution in [0.5, 0.6) is 0 Å². The lowest BCUT2D eigenvalue weighted by atomic mass is 9.91. The predicted octanol–water partition coefficient (Wildman–Crippen LogP) is 3.01. The highest BCUT2D eigenvalue weighted by molar-refractivity contribution is 7.11. The summed E-state index contributed by atoms with van der Waals surface area (Å²) < 4.78 is 0. The number of piperidine rings is 1. The molecule has 1 aliphatic heterocycles. The predicted molar refractivity (Wildman–Crippen MR) is 102 cm³/mol. The van der Waals surface area contributed by atoms with Crippen molar-refractivity contribution in [1.29, 1.82) is 0 Å². The number of hydrogen-bond donors (Lipinski definition) is 2. The first-order valence-corrected chi connectivity index (χ1v) is 9.61. The van der Waals surface area contributed by atoms with Crippen molar-refractivity contribution < 1.29 is 9.90 Å². The summed E-state index contributed by atoms with van der Waals surface area (Å²) in [5, 5.41) is 14.1. The number of benzene rings is 1. The highest BCUT2D eigenvalue weighted by Crippen LogP contribution is 2.24. The molecule has 0 unspecified atom stereocenters. The second-order valence-electron chi connectivity index (χ2n) is 6.97. The monoisotopic (exact) mass is 358 g/mol. The molecule has 5 heteroatoms. The molecular weight excluding hydrogens is 332 g/mol. The summed E-state index contributed by atoms with van der Waals surface area (Å²) in [4.78, 5) is 17.1. The van der Waals surface area contributed by atoms with Gasteiger partial charge in [-0.05, 0) is 44.4 Å². The van der Waals surface area contributed by atoms with Gasteiger partial charge in [0.2, 0.25) is 0 Å². The summed E-state index contributed by atoms with van der Waals surface area (Å²) in [7, 11) is 0. The van der Waals surface area contributed by atoms with Crippen LogP contribution in [0.1, 0.15) is 33.7 Å². The summed E-state index contributed by atoms with van der Waals surface area (Å²) in [5.41, 5.74) is 0.999. The zero-order valence-corrected chi connectivity index (χ0v) is 15.7. The molecule has 1 aromatic heterocycles. The lowest BCUT2D eigenvalue weighted by Crippen LogP contribution is -2.57. The fourth-order valence-electron chi connectivity index (χ4n) is 3.38. The number of likely N-dealkylation sites (tertiary alicyclic amines) is 1. The van der Waals surface area contributed by atoms with Crippen LogP contribution in [0, 0.1) is 13.8 Å². The van der Waals surface area contributed by atoms with Gasteiger partial charge in [-0.15, -0.1) is 11.3 Å². The average Bonchev–Trinajstić information content (AvgIpc) is 2.98. The number of nitrogens with one attached hydrogen (secondary N) is 1. The molecule has 2 aromatic rings. The van der Waals surface area contributed by atoms with E-state index in [1.807, 2.05) is 25.1 Å². The number of carbonyl (C=O) groups is 1. The molecule has 0 aliphatic carbocycles. The van der Waals surface area contributed by atoms with Crippen LogP contribution in [-0.4, -0.2) is 34.6 Å². The lowest BCUT2D eigenvalue weighted by molar-refractivity contribution is -0.157. The number of hydrogen-bond acceptors (Lipinski definition) is 4. The number of nitrogens with zero attached hydrogens (tertiary/aromatic N) is 1. The highest BCUT2D eigenvalue weighted by atomic mass is 32.1. The van der Waals surface area contributed by atoms with Gasteiger partial charge in [0.05, 0.1) is 0 Å². The Morgan fingerprint density at radius 3 is 2.84 bits per heavy atom. The molecule has 1 saturated heterocycles. The lowest BCUT2D eigenvalue weighted by Gasteiger charge is -2.38. The van der Waals surface area contributed by atoms with Crippen LogP contribution >= 0.6 is 11.3 Å². The zero-order valence-electron chi connectivity index (χ0n) is 14.9. The van der Waals surface area contributed by atoms with E-state index in [4.69, 9.17) is 0 Å². The van der Waals surface area contributed by atoms with E-state index in [0.29, 0.717) is 32.6 Å². The molecule has 1 aliphatic rings. The molecule has 2 N–H and O–H groups in total. The largest absolute Gasteiger partial charge is 0.379 e. The molecule has 0 radical (unpaired) electrons. The molecule has 4 nitrogen and oxygen atoms in total. The van der Waals surface area contributed by atoms with Crippen LogP contribution in [0.4, 0.5) is 0 Å². The molecule has 0 saturated carbocycles. The number of aryl methyl sites for hydroxylation is 2. The Balaban J connectivity index is 1.59. The molecule has 0 spiro atoms. The second kappa shape index (κ2) is 7.68. The molecular formula is C20H26N2O2S. The third-order valence-electron chi connectivity index (χ3n) is 4.67. The summed E-state index contributed by atoms with van der Waals surface area (Å²) in [5.74, 6) is -0.157. The minimum Gasteiger partial charge on any atom is -0.379 e. The Labute approximate surface area is 153 Å². The normalized spacial score (nSPS) is 20.9. The topological polar surface area (TPSA) is 52.6 Å². The highest BCUT2D eigenvalue weighted by Gasteiger charge is 2.41. The van der Waals surface area contributed by atoms with Gasteiger partial charge in [0.25, 0.3) is 5.91 Å². The molecule has 1 amide bonds. The van der Waals surface area contributed by atoms with Gasteiger partial charge >= 0.3 is 0 Å². The van der Waals surface area contributed by atoms with Crippen LogP contribution in [0.25, 0.3) is 0 Å². The molecule has 3 rings (SSSR count). The molecule has 1 aromatic carbocycles. The number of thiophene rings is 1. The Morgan fingerprint density at radius 2 is 2.12 bits per heavy atom. The summed E-state index contributed by atoms with van der Waals surface area (Å²) in [6, 6.07) is 12.4. The maximum atomic E-state index is 12.8. The van der Waals surface area contributed by atoms with E-state index in [2.05, 4.69) is 30.4 Å².